The molecule has 0 radical (unpaired) electrons. The molecule has 2 N–H and O–H groups in total. The van der Waals surface area contributed by atoms with Crippen molar-refractivity contribution in [3.63, 3.8) is 0 Å². The Kier molecular flexibility index (Phi) is 8.49. The SMILES string of the molecule is CO[C@@H]1CCC[C@@H](C(=O)N2C(C(=O)O)C(C(C)(C)C)C(Nc3cc(C(F)(F)F)cc(C)n3)C2c2ccccc2)C1. The van der Waals surface area contributed by atoms with Crippen molar-refractivity contribution in [1.29, 1.82) is 0 Å². The van der Waals surface area contributed by atoms with E-state index in [1.54, 1.807) is 7.11 Å². The maximum atomic E-state index is 14.3. The van der Waals surface area contributed by atoms with Gasteiger partial charge in [0.25, 0.3) is 0 Å². The zero-order valence-corrected chi connectivity index (χ0v) is 23.5. The number of carboxylic acids is 1. The highest BCUT2D eigenvalue weighted by Crippen LogP contribution is 2.50. The van der Waals surface area contributed by atoms with Crippen LogP contribution in [-0.4, -0.2) is 52.2 Å². The third kappa shape index (κ3) is 6.11. The van der Waals surface area contributed by atoms with Crippen LogP contribution in [-0.2, 0) is 20.5 Å². The number of nitrogens with one attached hydrogen (secondary N) is 1. The van der Waals surface area contributed by atoms with E-state index in [0.717, 1.165) is 25.0 Å². The molecule has 2 aliphatic rings. The van der Waals surface area contributed by atoms with E-state index in [0.29, 0.717) is 18.4 Å². The molecule has 1 aromatic heterocycles. The van der Waals surface area contributed by atoms with Crippen LogP contribution >= 0.6 is 0 Å². The molecule has 0 bridgehead atoms. The molecule has 1 aliphatic carbocycles. The first-order valence-electron chi connectivity index (χ1n) is 13.7. The Labute approximate surface area is 233 Å². The van der Waals surface area contributed by atoms with Gasteiger partial charge >= 0.3 is 12.1 Å². The molecule has 2 heterocycles. The van der Waals surface area contributed by atoms with Gasteiger partial charge in [0.1, 0.15) is 11.9 Å². The van der Waals surface area contributed by atoms with Gasteiger partial charge in [-0.25, -0.2) is 9.78 Å². The van der Waals surface area contributed by atoms with Crippen molar-refractivity contribution in [2.24, 2.45) is 17.3 Å². The van der Waals surface area contributed by atoms with Crippen molar-refractivity contribution in [1.82, 2.24) is 9.88 Å². The number of aromatic nitrogens is 1. The molecule has 2 fully saturated rings. The normalized spacial score (nSPS) is 27.4. The summed E-state index contributed by atoms with van der Waals surface area (Å²) in [7, 11) is 1.61. The number of carbonyl (C=O) groups excluding carboxylic acids is 1. The van der Waals surface area contributed by atoms with Crippen molar-refractivity contribution in [3.05, 3.63) is 59.3 Å². The molecule has 0 spiro atoms. The lowest BCUT2D eigenvalue weighted by Gasteiger charge is -2.36. The van der Waals surface area contributed by atoms with Crippen LogP contribution in [0.2, 0.25) is 0 Å². The summed E-state index contributed by atoms with van der Waals surface area (Å²) in [5.74, 6) is -2.50. The molecular formula is C30H38F3N3O4. The molecule has 4 rings (SSSR count). The number of amides is 1. The fourth-order valence-corrected chi connectivity index (χ4v) is 6.53. The summed E-state index contributed by atoms with van der Waals surface area (Å²) in [6, 6.07) is 8.33. The number of carboxylic acid groups (broad SMARTS) is 1. The summed E-state index contributed by atoms with van der Waals surface area (Å²) in [5.41, 5.74) is -0.607. The van der Waals surface area contributed by atoms with Gasteiger partial charge in [-0.05, 0) is 49.3 Å². The van der Waals surface area contributed by atoms with Gasteiger partial charge in [0.15, 0.2) is 0 Å². The average molecular weight is 562 g/mol. The van der Waals surface area contributed by atoms with Crippen molar-refractivity contribution in [2.45, 2.75) is 83.8 Å². The van der Waals surface area contributed by atoms with E-state index in [4.69, 9.17) is 4.74 Å². The van der Waals surface area contributed by atoms with Crippen LogP contribution in [0.5, 0.6) is 0 Å². The van der Waals surface area contributed by atoms with Crippen molar-refractivity contribution < 1.29 is 32.6 Å². The van der Waals surface area contributed by atoms with E-state index in [9.17, 15) is 27.9 Å². The van der Waals surface area contributed by atoms with E-state index >= 15 is 0 Å². The van der Waals surface area contributed by atoms with E-state index in [-0.39, 0.29) is 23.5 Å². The standard InChI is InChI=1S/C30H38F3N3O4/c1-17-14-20(30(31,32)33)16-22(34-17)35-24-23(29(2,3)4)26(28(38)39)36(25(24)18-10-7-6-8-11-18)27(37)19-12-9-13-21(15-19)40-5/h6-8,10-11,14,16,19,21,23-26H,9,12-13,15H2,1-5H3,(H,34,35)(H,38,39)/t19-,21-,23?,24?,25?,26?/m1/s1. The summed E-state index contributed by atoms with van der Waals surface area (Å²) in [6.07, 6.45) is -1.93. The Morgan fingerprint density at radius 1 is 1.10 bits per heavy atom. The first-order chi connectivity index (χ1) is 18.7. The number of rotatable bonds is 6. The van der Waals surface area contributed by atoms with E-state index in [1.807, 2.05) is 51.1 Å². The lowest BCUT2D eigenvalue weighted by molar-refractivity contribution is -0.155. The smallest absolute Gasteiger partial charge is 0.416 e. The Hall–Kier alpha value is -3.14. The highest BCUT2D eigenvalue weighted by Gasteiger charge is 2.59. The number of methoxy groups -OCH3 is 1. The molecule has 1 saturated carbocycles. The van der Waals surface area contributed by atoms with Crippen LogP contribution in [0, 0.1) is 24.2 Å². The number of ether oxygens (including phenoxy) is 1. The van der Waals surface area contributed by atoms with Gasteiger partial charge in [0.05, 0.1) is 23.8 Å². The van der Waals surface area contributed by atoms with Gasteiger partial charge in [-0.3, -0.25) is 4.79 Å². The van der Waals surface area contributed by atoms with Crippen LogP contribution in [0.3, 0.4) is 0 Å². The van der Waals surface area contributed by atoms with Crippen LogP contribution in [0.4, 0.5) is 19.0 Å². The van der Waals surface area contributed by atoms with Gasteiger partial charge in [-0.15, -0.1) is 0 Å². The van der Waals surface area contributed by atoms with Gasteiger partial charge < -0.3 is 20.1 Å². The Balaban J connectivity index is 1.87. The Morgan fingerprint density at radius 3 is 2.35 bits per heavy atom. The van der Waals surface area contributed by atoms with Crippen molar-refractivity contribution >= 4 is 17.7 Å². The Bertz CT molecular complexity index is 1210. The minimum Gasteiger partial charge on any atom is -0.480 e. The molecule has 2 aromatic rings. The zero-order chi connectivity index (χ0) is 29.4. The molecule has 218 valence electrons. The number of aryl methyl sites for hydroxylation is 1. The molecule has 6 atom stereocenters. The first kappa shape index (κ1) is 29.8. The molecule has 1 aliphatic heterocycles. The van der Waals surface area contributed by atoms with Crippen LogP contribution < -0.4 is 5.32 Å². The number of carbonyl (C=O) groups is 2. The first-order valence-corrected chi connectivity index (χ1v) is 13.7. The molecule has 10 heteroatoms. The molecule has 1 amide bonds. The second-order valence-corrected chi connectivity index (χ2v) is 12.0. The zero-order valence-electron chi connectivity index (χ0n) is 23.5. The topological polar surface area (TPSA) is 91.8 Å². The summed E-state index contributed by atoms with van der Waals surface area (Å²) in [6.45, 7) is 7.16. The minimum absolute atomic E-state index is 0.0111. The predicted molar refractivity (Wildman–Crippen MR) is 145 cm³/mol. The van der Waals surface area contributed by atoms with Crippen LogP contribution in [0.25, 0.3) is 0 Å². The number of anilines is 1. The highest BCUT2D eigenvalue weighted by molar-refractivity contribution is 5.87. The number of hydrogen-bond donors (Lipinski definition) is 2. The van der Waals surface area contributed by atoms with Crippen LogP contribution in [0.1, 0.15) is 69.3 Å². The van der Waals surface area contributed by atoms with Crippen LogP contribution in [0.15, 0.2) is 42.5 Å². The molecule has 40 heavy (non-hydrogen) atoms. The minimum atomic E-state index is -4.58. The number of alkyl halides is 3. The number of benzene rings is 1. The van der Waals surface area contributed by atoms with Gasteiger partial charge in [-0.2, -0.15) is 13.2 Å². The second-order valence-electron chi connectivity index (χ2n) is 12.0. The maximum Gasteiger partial charge on any atom is 0.416 e. The summed E-state index contributed by atoms with van der Waals surface area (Å²) < 4.78 is 46.6. The van der Waals surface area contributed by atoms with E-state index < -0.39 is 53.1 Å². The Morgan fingerprint density at radius 2 is 1.77 bits per heavy atom. The van der Waals surface area contributed by atoms with Gasteiger partial charge in [0, 0.05) is 24.6 Å². The second kappa shape index (κ2) is 11.4. The average Bonchev–Trinajstić information content (AvgIpc) is 3.23. The molecule has 1 saturated heterocycles. The summed E-state index contributed by atoms with van der Waals surface area (Å²) in [4.78, 5) is 33.1. The molecule has 7 nitrogen and oxygen atoms in total. The molecule has 1 aromatic carbocycles. The number of likely N-dealkylation sites (tertiary alicyclic amines) is 1. The fraction of sp³-hybridized carbons (Fsp3) is 0.567. The number of pyridine rings is 1. The van der Waals surface area contributed by atoms with Crippen molar-refractivity contribution in [3.8, 4) is 0 Å². The fourth-order valence-electron chi connectivity index (χ4n) is 6.53. The third-order valence-corrected chi connectivity index (χ3v) is 8.22. The predicted octanol–water partition coefficient (Wildman–Crippen LogP) is 6.09. The molecular weight excluding hydrogens is 523 g/mol. The van der Waals surface area contributed by atoms with E-state index in [1.165, 1.54) is 11.8 Å². The number of aliphatic carboxylic acids is 1. The number of nitrogens with zero attached hydrogens (tertiary/aromatic N) is 2. The quantitative estimate of drug-likeness (QED) is 0.443. The highest BCUT2D eigenvalue weighted by atomic mass is 19.4. The largest absolute Gasteiger partial charge is 0.480 e. The van der Waals surface area contributed by atoms with E-state index in [2.05, 4.69) is 10.3 Å². The third-order valence-electron chi connectivity index (χ3n) is 8.22. The summed E-state index contributed by atoms with van der Waals surface area (Å²) >= 11 is 0. The van der Waals surface area contributed by atoms with Gasteiger partial charge in [-0.1, -0.05) is 57.5 Å². The lowest BCUT2D eigenvalue weighted by atomic mass is 9.72. The molecule has 4 unspecified atom stereocenters. The summed E-state index contributed by atoms with van der Waals surface area (Å²) in [5, 5.41) is 13.8. The van der Waals surface area contributed by atoms with Gasteiger partial charge in [0.2, 0.25) is 5.91 Å². The number of hydrogen-bond acceptors (Lipinski definition) is 5. The van der Waals surface area contributed by atoms with Crippen molar-refractivity contribution in [2.75, 3.05) is 12.4 Å². The lowest BCUT2D eigenvalue weighted by Crippen LogP contribution is -2.49. The maximum absolute atomic E-state index is 14.3. The monoisotopic (exact) mass is 561 g/mol. The number of halogens is 3.